The van der Waals surface area contributed by atoms with Crippen LogP contribution in [0.5, 0.6) is 11.5 Å². The topological polar surface area (TPSA) is 105 Å². The van der Waals surface area contributed by atoms with Crippen molar-refractivity contribution in [3.05, 3.63) is 125 Å². The Balaban J connectivity index is 1.57. The molecule has 3 aromatic carbocycles. The van der Waals surface area contributed by atoms with Crippen molar-refractivity contribution in [1.82, 2.24) is 4.57 Å². The van der Waals surface area contributed by atoms with Gasteiger partial charge in [-0.3, -0.25) is 9.36 Å². The normalized spacial score (nSPS) is 14.4. The van der Waals surface area contributed by atoms with E-state index in [9.17, 15) is 14.4 Å². The lowest BCUT2D eigenvalue weighted by molar-refractivity contribution is -0.139. The highest BCUT2D eigenvalue weighted by Crippen LogP contribution is 2.35. The highest BCUT2D eigenvalue weighted by Gasteiger charge is 2.34. The van der Waals surface area contributed by atoms with E-state index in [1.165, 1.54) is 23.0 Å². The van der Waals surface area contributed by atoms with Crippen LogP contribution in [0, 0.1) is 0 Å². The van der Waals surface area contributed by atoms with Crippen LogP contribution >= 0.6 is 22.9 Å². The number of allylic oxidation sites excluding steroid dienone is 1. The number of para-hydroxylation sites is 1. The smallest absolute Gasteiger partial charge is 0.338 e. The summed E-state index contributed by atoms with van der Waals surface area (Å²) >= 11 is 7.80. The van der Waals surface area contributed by atoms with E-state index in [4.69, 9.17) is 30.5 Å². The predicted molar refractivity (Wildman–Crippen MR) is 172 cm³/mol. The van der Waals surface area contributed by atoms with E-state index in [-0.39, 0.29) is 30.3 Å². The number of aromatic nitrogens is 1. The SMILES string of the molecule is CCOC(=O)C1=C(C)N=c2s/c(=C\c3cccc(OC)c3OCc3ccc(C(=O)OCC)cc3)c(=O)n2[C@@H]1c1ccccc1Cl. The van der Waals surface area contributed by atoms with Crippen molar-refractivity contribution in [2.24, 2.45) is 4.99 Å². The first-order valence-electron chi connectivity index (χ1n) is 14.3. The Morgan fingerprint density at radius 1 is 0.978 bits per heavy atom. The number of rotatable bonds is 10. The Kier molecular flexibility index (Phi) is 9.85. The fourth-order valence-electron chi connectivity index (χ4n) is 4.99. The van der Waals surface area contributed by atoms with Crippen molar-refractivity contribution < 1.29 is 28.5 Å². The number of fused-ring (bicyclic) bond motifs is 1. The van der Waals surface area contributed by atoms with Crippen LogP contribution in [0.4, 0.5) is 0 Å². The molecule has 0 fully saturated rings. The lowest BCUT2D eigenvalue weighted by Gasteiger charge is -2.25. The molecule has 0 radical (unpaired) electrons. The van der Waals surface area contributed by atoms with Gasteiger partial charge in [0, 0.05) is 10.6 Å². The minimum atomic E-state index is -0.824. The molecule has 0 saturated carbocycles. The second kappa shape index (κ2) is 14.0. The number of esters is 2. The summed E-state index contributed by atoms with van der Waals surface area (Å²) in [7, 11) is 1.54. The highest BCUT2D eigenvalue weighted by atomic mass is 35.5. The molecule has 9 nitrogen and oxygen atoms in total. The van der Waals surface area contributed by atoms with Gasteiger partial charge in [0.15, 0.2) is 16.3 Å². The lowest BCUT2D eigenvalue weighted by Crippen LogP contribution is -2.40. The number of carbonyl (C=O) groups excluding carboxylic acids is 2. The van der Waals surface area contributed by atoms with Gasteiger partial charge < -0.3 is 18.9 Å². The number of thiazole rings is 1. The molecule has 0 bridgehead atoms. The van der Waals surface area contributed by atoms with Crippen LogP contribution in [-0.4, -0.2) is 36.8 Å². The largest absolute Gasteiger partial charge is 0.493 e. The predicted octanol–water partition coefficient (Wildman–Crippen LogP) is 5.22. The van der Waals surface area contributed by atoms with Gasteiger partial charge in [-0.05, 0) is 62.2 Å². The third kappa shape index (κ3) is 6.57. The van der Waals surface area contributed by atoms with Crippen LogP contribution in [-0.2, 0) is 20.9 Å². The van der Waals surface area contributed by atoms with Crippen molar-refractivity contribution in [2.45, 2.75) is 33.4 Å². The summed E-state index contributed by atoms with van der Waals surface area (Å²) < 4.78 is 24.1. The molecule has 0 N–H and O–H groups in total. The second-order valence-corrected chi connectivity index (χ2v) is 11.3. The molecule has 1 aliphatic heterocycles. The molecule has 0 unspecified atom stereocenters. The van der Waals surface area contributed by atoms with Crippen molar-refractivity contribution in [2.75, 3.05) is 20.3 Å². The standard InChI is InChI=1S/C34H31ClN2O7S/c1-5-42-32(39)22-16-14-21(15-17-22)19-44-30-23(10-9-13-26(30)41-4)18-27-31(38)37-29(24-11-7-8-12-25(24)35)28(33(40)43-6-2)20(3)36-34(37)45-27/h7-18,29H,5-6,19H2,1-4H3/b27-18-/t29-/m1/s1. The molecule has 1 atom stereocenters. The van der Waals surface area contributed by atoms with Gasteiger partial charge in [-0.2, -0.15) is 0 Å². The average Bonchev–Trinajstić information content (AvgIpc) is 3.34. The van der Waals surface area contributed by atoms with E-state index in [1.807, 2.05) is 6.07 Å². The van der Waals surface area contributed by atoms with Crippen LogP contribution < -0.4 is 24.4 Å². The number of benzene rings is 3. The van der Waals surface area contributed by atoms with E-state index in [1.54, 1.807) is 87.5 Å². The summed E-state index contributed by atoms with van der Waals surface area (Å²) in [6, 6.07) is 18.6. The maximum absolute atomic E-state index is 14.1. The Hall–Kier alpha value is -4.67. The number of nitrogens with zero attached hydrogens (tertiary/aromatic N) is 2. The first kappa shape index (κ1) is 31.7. The Bertz CT molecular complexity index is 1960. The molecule has 11 heteroatoms. The molecule has 1 aliphatic rings. The molecule has 1 aromatic heterocycles. The van der Waals surface area contributed by atoms with E-state index >= 15 is 0 Å². The van der Waals surface area contributed by atoms with E-state index in [0.29, 0.717) is 54.8 Å². The minimum Gasteiger partial charge on any atom is -0.493 e. The van der Waals surface area contributed by atoms with Crippen LogP contribution in [0.2, 0.25) is 5.02 Å². The van der Waals surface area contributed by atoms with Crippen molar-refractivity contribution >= 4 is 41.0 Å². The Morgan fingerprint density at radius 2 is 1.69 bits per heavy atom. The summed E-state index contributed by atoms with van der Waals surface area (Å²) in [4.78, 5) is 44.3. The highest BCUT2D eigenvalue weighted by molar-refractivity contribution is 7.07. The molecule has 0 spiro atoms. The second-order valence-electron chi connectivity index (χ2n) is 9.91. The number of ether oxygens (including phenoxy) is 4. The average molecular weight is 647 g/mol. The van der Waals surface area contributed by atoms with Crippen LogP contribution in [0.25, 0.3) is 6.08 Å². The molecule has 232 valence electrons. The van der Waals surface area contributed by atoms with Crippen LogP contribution in [0.1, 0.15) is 53.9 Å². The van der Waals surface area contributed by atoms with Gasteiger partial charge in [-0.25, -0.2) is 14.6 Å². The maximum Gasteiger partial charge on any atom is 0.338 e. The molecule has 2 heterocycles. The van der Waals surface area contributed by atoms with Gasteiger partial charge in [0.05, 0.1) is 41.7 Å². The molecule has 45 heavy (non-hydrogen) atoms. The van der Waals surface area contributed by atoms with Crippen LogP contribution in [0.15, 0.2) is 87.8 Å². The monoisotopic (exact) mass is 646 g/mol. The van der Waals surface area contributed by atoms with E-state index in [0.717, 1.165) is 5.56 Å². The fourth-order valence-corrected chi connectivity index (χ4v) is 6.27. The molecule has 4 aromatic rings. The summed E-state index contributed by atoms with van der Waals surface area (Å²) in [5.41, 5.74) is 2.82. The van der Waals surface area contributed by atoms with E-state index < -0.39 is 12.0 Å². The zero-order valence-electron chi connectivity index (χ0n) is 25.2. The minimum absolute atomic E-state index is 0.170. The van der Waals surface area contributed by atoms with Gasteiger partial charge in [-0.1, -0.05) is 65.4 Å². The zero-order chi connectivity index (χ0) is 32.1. The number of halogens is 1. The first-order chi connectivity index (χ1) is 21.8. The number of hydrogen-bond acceptors (Lipinski definition) is 9. The molecule has 0 aliphatic carbocycles. The van der Waals surface area contributed by atoms with Gasteiger partial charge in [0.2, 0.25) is 0 Å². The van der Waals surface area contributed by atoms with Crippen LogP contribution in [0.3, 0.4) is 0 Å². The van der Waals surface area contributed by atoms with E-state index in [2.05, 4.69) is 4.99 Å². The van der Waals surface area contributed by atoms with Gasteiger partial charge in [0.1, 0.15) is 12.6 Å². The lowest BCUT2D eigenvalue weighted by atomic mass is 9.96. The van der Waals surface area contributed by atoms with Crippen molar-refractivity contribution in [1.29, 1.82) is 0 Å². The summed E-state index contributed by atoms with van der Waals surface area (Å²) in [6.45, 7) is 5.85. The quantitative estimate of drug-likeness (QED) is 0.218. The maximum atomic E-state index is 14.1. The summed E-state index contributed by atoms with van der Waals surface area (Å²) in [5.74, 6) is -0.0306. The Morgan fingerprint density at radius 3 is 2.38 bits per heavy atom. The number of methoxy groups -OCH3 is 1. The first-order valence-corrected chi connectivity index (χ1v) is 15.5. The summed E-state index contributed by atoms with van der Waals surface area (Å²) in [6.07, 6.45) is 1.72. The third-order valence-corrected chi connectivity index (χ3v) is 8.41. The fraction of sp³-hybridized carbons (Fsp3) is 0.235. The molecular weight excluding hydrogens is 616 g/mol. The van der Waals surface area contributed by atoms with Crippen molar-refractivity contribution in [3.63, 3.8) is 0 Å². The molecule has 0 amide bonds. The number of hydrogen-bond donors (Lipinski definition) is 0. The van der Waals surface area contributed by atoms with Gasteiger partial charge in [0.25, 0.3) is 5.56 Å². The zero-order valence-corrected chi connectivity index (χ0v) is 26.7. The molecule has 5 rings (SSSR count). The Labute approximate surface area is 268 Å². The third-order valence-electron chi connectivity index (χ3n) is 7.08. The molecule has 0 saturated heterocycles. The summed E-state index contributed by atoms with van der Waals surface area (Å²) in [5, 5.41) is 0.410. The van der Waals surface area contributed by atoms with Crippen molar-refractivity contribution in [3.8, 4) is 11.5 Å². The van der Waals surface area contributed by atoms with Gasteiger partial charge >= 0.3 is 11.9 Å². The molecular formula is C34H31ClN2O7S. The number of carbonyl (C=O) groups is 2. The van der Waals surface area contributed by atoms with Gasteiger partial charge in [-0.15, -0.1) is 0 Å².